The van der Waals surface area contributed by atoms with Crippen molar-refractivity contribution in [2.24, 2.45) is 0 Å². The summed E-state index contributed by atoms with van der Waals surface area (Å²) < 4.78 is 0. The third kappa shape index (κ3) is 3.92. The molecule has 2 aromatic rings. The van der Waals surface area contributed by atoms with Gasteiger partial charge in [-0.15, -0.1) is 0 Å². The lowest BCUT2D eigenvalue weighted by Gasteiger charge is -2.07. The smallest absolute Gasteiger partial charge is 0.303 e. The third-order valence-electron chi connectivity index (χ3n) is 3.27. The first-order valence-electron chi connectivity index (χ1n) is 6.59. The molecule has 0 spiro atoms. The molecule has 108 valence electrons. The van der Waals surface area contributed by atoms with E-state index in [0.717, 1.165) is 16.7 Å². The predicted molar refractivity (Wildman–Crippen MR) is 82.8 cm³/mol. The van der Waals surface area contributed by atoms with Crippen molar-refractivity contribution in [3.8, 4) is 11.1 Å². The molecule has 1 N–H and O–H groups in total. The monoisotopic (exact) mass is 302 g/mol. The zero-order chi connectivity index (χ0) is 15.4. The molecule has 4 heteroatoms. The molecular weight excluding hydrogens is 288 g/mol. The van der Waals surface area contributed by atoms with Crippen LogP contribution >= 0.6 is 11.6 Å². The number of rotatable bonds is 5. The van der Waals surface area contributed by atoms with E-state index in [9.17, 15) is 9.59 Å². The number of carboxylic acid groups (broad SMARTS) is 1. The van der Waals surface area contributed by atoms with Gasteiger partial charge in [-0.3, -0.25) is 9.59 Å². The Kier molecular flexibility index (Phi) is 4.76. The highest BCUT2D eigenvalue weighted by atomic mass is 35.5. The minimum absolute atomic E-state index is 0.0225. The molecule has 0 amide bonds. The number of carboxylic acids is 1. The maximum absolute atomic E-state index is 11.8. The van der Waals surface area contributed by atoms with Crippen LogP contribution < -0.4 is 0 Å². The van der Waals surface area contributed by atoms with Crippen LogP contribution in [0.3, 0.4) is 0 Å². The molecule has 0 fully saturated rings. The van der Waals surface area contributed by atoms with Gasteiger partial charge in [0.2, 0.25) is 0 Å². The molecule has 0 heterocycles. The highest BCUT2D eigenvalue weighted by Crippen LogP contribution is 2.26. The van der Waals surface area contributed by atoms with Gasteiger partial charge in [0.05, 0.1) is 6.42 Å². The summed E-state index contributed by atoms with van der Waals surface area (Å²) in [5, 5.41) is 9.28. The van der Waals surface area contributed by atoms with Crippen LogP contribution in [0.2, 0.25) is 5.02 Å². The van der Waals surface area contributed by atoms with E-state index in [0.29, 0.717) is 10.6 Å². The van der Waals surface area contributed by atoms with Crippen molar-refractivity contribution in [2.45, 2.75) is 19.8 Å². The number of halogens is 1. The van der Waals surface area contributed by atoms with Crippen molar-refractivity contribution in [3.05, 3.63) is 58.6 Å². The topological polar surface area (TPSA) is 54.4 Å². The van der Waals surface area contributed by atoms with Crippen LogP contribution in [0.4, 0.5) is 0 Å². The van der Waals surface area contributed by atoms with Crippen LogP contribution in [-0.2, 0) is 4.79 Å². The molecule has 3 nitrogen and oxygen atoms in total. The van der Waals surface area contributed by atoms with Crippen molar-refractivity contribution >= 4 is 23.4 Å². The van der Waals surface area contributed by atoms with Crippen molar-refractivity contribution < 1.29 is 14.7 Å². The largest absolute Gasteiger partial charge is 0.481 e. The number of benzene rings is 2. The van der Waals surface area contributed by atoms with Gasteiger partial charge in [0.1, 0.15) is 0 Å². The summed E-state index contributed by atoms with van der Waals surface area (Å²) in [6.45, 7) is 1.98. The Morgan fingerprint density at radius 2 is 1.71 bits per heavy atom. The first-order chi connectivity index (χ1) is 9.97. The maximum atomic E-state index is 11.8. The fourth-order valence-corrected chi connectivity index (χ4v) is 2.38. The number of carbonyl (C=O) groups excluding carboxylic acids is 1. The molecule has 0 aliphatic heterocycles. The molecular formula is C17H15ClO3. The molecule has 0 aliphatic rings. The molecule has 0 atom stereocenters. The first kappa shape index (κ1) is 15.3. The van der Waals surface area contributed by atoms with Gasteiger partial charge in [-0.2, -0.15) is 0 Å². The molecule has 2 aromatic carbocycles. The van der Waals surface area contributed by atoms with Gasteiger partial charge in [0, 0.05) is 17.0 Å². The highest BCUT2D eigenvalue weighted by molar-refractivity contribution is 6.30. The van der Waals surface area contributed by atoms with E-state index < -0.39 is 5.97 Å². The maximum Gasteiger partial charge on any atom is 0.303 e. The Morgan fingerprint density at radius 3 is 2.29 bits per heavy atom. The van der Waals surface area contributed by atoms with Crippen LogP contribution in [0.5, 0.6) is 0 Å². The van der Waals surface area contributed by atoms with E-state index in [4.69, 9.17) is 16.7 Å². The zero-order valence-electron chi connectivity index (χ0n) is 11.6. The number of Topliss-reactive ketones (excluding diaryl/α,β-unsaturated/α-hetero) is 1. The van der Waals surface area contributed by atoms with E-state index in [-0.39, 0.29) is 18.6 Å². The average Bonchev–Trinajstić information content (AvgIpc) is 2.45. The molecule has 0 saturated heterocycles. The summed E-state index contributed by atoms with van der Waals surface area (Å²) >= 11 is 5.94. The highest BCUT2D eigenvalue weighted by Gasteiger charge is 2.09. The molecule has 21 heavy (non-hydrogen) atoms. The van der Waals surface area contributed by atoms with E-state index in [1.165, 1.54) is 0 Å². The minimum atomic E-state index is -0.961. The number of aliphatic carboxylic acids is 1. The Labute approximate surface area is 128 Å². The number of carbonyl (C=O) groups is 2. The van der Waals surface area contributed by atoms with Gasteiger partial charge < -0.3 is 5.11 Å². The SMILES string of the molecule is Cc1cc(Cl)ccc1-c1ccc(C(=O)CCC(=O)O)cc1. The summed E-state index contributed by atoms with van der Waals surface area (Å²) in [5.41, 5.74) is 3.65. The second-order valence-electron chi connectivity index (χ2n) is 4.85. The third-order valence-corrected chi connectivity index (χ3v) is 3.51. The van der Waals surface area contributed by atoms with Crippen LogP contribution in [0.25, 0.3) is 11.1 Å². The van der Waals surface area contributed by atoms with Gasteiger partial charge in [0.15, 0.2) is 5.78 Å². The van der Waals surface area contributed by atoms with Crippen LogP contribution in [0, 0.1) is 6.92 Å². The van der Waals surface area contributed by atoms with E-state index in [2.05, 4.69) is 0 Å². The van der Waals surface area contributed by atoms with Gasteiger partial charge in [-0.05, 0) is 35.7 Å². The van der Waals surface area contributed by atoms with Crippen LogP contribution in [0.15, 0.2) is 42.5 Å². The lowest BCUT2D eigenvalue weighted by Crippen LogP contribution is -2.03. The number of hydrogen-bond acceptors (Lipinski definition) is 2. The fourth-order valence-electron chi connectivity index (χ4n) is 2.15. The molecule has 0 unspecified atom stereocenters. The quantitative estimate of drug-likeness (QED) is 0.835. The summed E-state index contributed by atoms with van der Waals surface area (Å²) in [7, 11) is 0. The summed E-state index contributed by atoms with van der Waals surface area (Å²) in [6, 6.07) is 12.9. The summed E-state index contributed by atoms with van der Waals surface area (Å²) in [4.78, 5) is 22.3. The van der Waals surface area contributed by atoms with Crippen molar-refractivity contribution in [1.82, 2.24) is 0 Å². The van der Waals surface area contributed by atoms with Gasteiger partial charge in [-0.1, -0.05) is 41.9 Å². The summed E-state index contributed by atoms with van der Waals surface area (Å²) in [6.07, 6.45) is -0.120. The summed E-state index contributed by atoms with van der Waals surface area (Å²) in [5.74, 6) is -1.12. The van der Waals surface area contributed by atoms with E-state index in [1.807, 2.05) is 37.3 Å². The van der Waals surface area contributed by atoms with Gasteiger partial charge >= 0.3 is 5.97 Å². The molecule has 2 rings (SSSR count). The molecule has 0 bridgehead atoms. The number of hydrogen-bond donors (Lipinski definition) is 1. The lowest BCUT2D eigenvalue weighted by molar-refractivity contribution is -0.136. The molecule has 0 saturated carbocycles. The Balaban J connectivity index is 2.18. The number of aryl methyl sites for hydroxylation is 1. The normalized spacial score (nSPS) is 10.4. The van der Waals surface area contributed by atoms with Gasteiger partial charge in [0.25, 0.3) is 0 Å². The van der Waals surface area contributed by atoms with E-state index >= 15 is 0 Å². The second kappa shape index (κ2) is 6.55. The molecule has 0 aliphatic carbocycles. The van der Waals surface area contributed by atoms with Gasteiger partial charge in [-0.25, -0.2) is 0 Å². The Bertz CT molecular complexity index is 675. The fraction of sp³-hybridized carbons (Fsp3) is 0.176. The van der Waals surface area contributed by atoms with Crippen molar-refractivity contribution in [3.63, 3.8) is 0 Å². The first-order valence-corrected chi connectivity index (χ1v) is 6.97. The van der Waals surface area contributed by atoms with Crippen molar-refractivity contribution in [1.29, 1.82) is 0 Å². The van der Waals surface area contributed by atoms with Crippen LogP contribution in [0.1, 0.15) is 28.8 Å². The van der Waals surface area contributed by atoms with Crippen LogP contribution in [-0.4, -0.2) is 16.9 Å². The average molecular weight is 303 g/mol. The Morgan fingerprint density at radius 1 is 1.05 bits per heavy atom. The Hall–Kier alpha value is -2.13. The van der Waals surface area contributed by atoms with Crippen molar-refractivity contribution in [2.75, 3.05) is 0 Å². The lowest BCUT2D eigenvalue weighted by atomic mass is 9.98. The standard InChI is InChI=1S/C17H15ClO3/c1-11-10-14(18)6-7-15(11)12-2-4-13(5-3-12)16(19)8-9-17(20)21/h2-7,10H,8-9H2,1H3,(H,20,21). The zero-order valence-corrected chi connectivity index (χ0v) is 12.4. The van der Waals surface area contributed by atoms with E-state index in [1.54, 1.807) is 12.1 Å². The molecule has 0 radical (unpaired) electrons. The number of ketones is 1. The molecule has 0 aromatic heterocycles. The predicted octanol–water partition coefficient (Wildman–Crippen LogP) is 4.36. The second-order valence-corrected chi connectivity index (χ2v) is 5.29. The minimum Gasteiger partial charge on any atom is -0.481 e.